The SMILES string of the molecule is Cc1nn2ccc(CN(C)C)cc2c1C1=C(c2c[nH]c3c(C)cccc23)C(=O)CC1=O. The van der Waals surface area contributed by atoms with Crippen LogP contribution in [0.5, 0.6) is 0 Å². The van der Waals surface area contributed by atoms with E-state index in [0.29, 0.717) is 11.1 Å². The summed E-state index contributed by atoms with van der Waals surface area (Å²) < 4.78 is 1.80. The number of carbonyl (C=O) groups excluding carboxylic acids is 2. The molecule has 0 radical (unpaired) electrons. The summed E-state index contributed by atoms with van der Waals surface area (Å²) in [7, 11) is 4.04. The van der Waals surface area contributed by atoms with Crippen LogP contribution in [0.4, 0.5) is 0 Å². The van der Waals surface area contributed by atoms with Crippen molar-refractivity contribution in [3.05, 3.63) is 70.7 Å². The van der Waals surface area contributed by atoms with E-state index in [1.165, 1.54) is 0 Å². The number of rotatable bonds is 4. The second kappa shape index (κ2) is 7.03. The Morgan fingerprint density at radius 1 is 1.10 bits per heavy atom. The van der Waals surface area contributed by atoms with Gasteiger partial charge in [0.05, 0.1) is 17.6 Å². The van der Waals surface area contributed by atoms with Gasteiger partial charge in [-0.05, 0) is 51.2 Å². The van der Waals surface area contributed by atoms with E-state index in [9.17, 15) is 9.59 Å². The van der Waals surface area contributed by atoms with Crippen molar-refractivity contribution in [1.82, 2.24) is 19.5 Å². The molecule has 156 valence electrons. The first-order valence-electron chi connectivity index (χ1n) is 10.4. The van der Waals surface area contributed by atoms with Crippen LogP contribution in [0.15, 0.2) is 42.7 Å². The van der Waals surface area contributed by atoms with Crippen LogP contribution in [0.3, 0.4) is 0 Å². The Bertz CT molecular complexity index is 1420. The molecule has 0 spiro atoms. The number of benzene rings is 1. The fourth-order valence-electron chi connectivity index (χ4n) is 4.64. The molecule has 4 aromatic rings. The van der Waals surface area contributed by atoms with Gasteiger partial charge in [0.1, 0.15) is 0 Å². The monoisotopic (exact) mass is 412 g/mol. The molecule has 1 aromatic carbocycles. The van der Waals surface area contributed by atoms with Crippen LogP contribution in [0.2, 0.25) is 0 Å². The van der Waals surface area contributed by atoms with E-state index >= 15 is 0 Å². The molecule has 1 N–H and O–H groups in total. The van der Waals surface area contributed by atoms with E-state index in [1.807, 2.05) is 64.6 Å². The largest absolute Gasteiger partial charge is 0.360 e. The molecule has 0 aliphatic heterocycles. The molecule has 5 rings (SSSR count). The smallest absolute Gasteiger partial charge is 0.172 e. The summed E-state index contributed by atoms with van der Waals surface area (Å²) in [5.41, 5.74) is 7.34. The first kappa shape index (κ1) is 19.5. The maximum Gasteiger partial charge on any atom is 0.172 e. The van der Waals surface area contributed by atoms with Gasteiger partial charge in [-0.3, -0.25) is 9.59 Å². The van der Waals surface area contributed by atoms with Crippen LogP contribution in [-0.4, -0.2) is 45.2 Å². The Kier molecular flexibility index (Phi) is 4.41. The average molecular weight is 412 g/mol. The second-order valence-corrected chi connectivity index (χ2v) is 8.54. The zero-order chi connectivity index (χ0) is 21.9. The highest BCUT2D eigenvalue weighted by atomic mass is 16.2. The fraction of sp³-hybridized carbons (Fsp3) is 0.240. The first-order chi connectivity index (χ1) is 14.8. The number of nitrogens with zero attached hydrogens (tertiary/aromatic N) is 3. The Morgan fingerprint density at radius 3 is 2.65 bits per heavy atom. The molecule has 3 aromatic heterocycles. The third-order valence-corrected chi connectivity index (χ3v) is 5.95. The highest BCUT2D eigenvalue weighted by Crippen LogP contribution is 2.41. The van der Waals surface area contributed by atoms with Gasteiger partial charge in [0.15, 0.2) is 11.6 Å². The number of nitrogens with one attached hydrogen (secondary N) is 1. The Labute approximate surface area is 180 Å². The number of fused-ring (bicyclic) bond motifs is 2. The first-order valence-corrected chi connectivity index (χ1v) is 10.4. The van der Waals surface area contributed by atoms with Crippen molar-refractivity contribution in [3.63, 3.8) is 0 Å². The number of allylic oxidation sites excluding steroid dienone is 2. The number of aryl methyl sites for hydroxylation is 2. The molecular weight excluding hydrogens is 388 g/mol. The third-order valence-electron chi connectivity index (χ3n) is 5.95. The lowest BCUT2D eigenvalue weighted by Gasteiger charge is -2.10. The van der Waals surface area contributed by atoms with Crippen molar-refractivity contribution in [3.8, 4) is 0 Å². The second-order valence-electron chi connectivity index (χ2n) is 8.54. The minimum Gasteiger partial charge on any atom is -0.360 e. The summed E-state index contributed by atoms with van der Waals surface area (Å²) in [4.78, 5) is 31.6. The summed E-state index contributed by atoms with van der Waals surface area (Å²) in [5.74, 6) is -0.274. The highest BCUT2D eigenvalue weighted by Gasteiger charge is 2.36. The molecule has 0 atom stereocenters. The molecule has 1 aliphatic rings. The predicted molar refractivity (Wildman–Crippen MR) is 122 cm³/mol. The number of Topliss-reactive ketones (excluding diaryl/α,β-unsaturated/α-hetero) is 2. The normalized spacial score (nSPS) is 14.7. The number of carbonyl (C=O) groups is 2. The van der Waals surface area contributed by atoms with E-state index in [1.54, 1.807) is 4.52 Å². The van der Waals surface area contributed by atoms with Gasteiger partial charge in [-0.2, -0.15) is 5.10 Å². The molecular formula is C25H24N4O2. The van der Waals surface area contributed by atoms with Gasteiger partial charge >= 0.3 is 0 Å². The molecule has 1 aliphatic carbocycles. The molecule has 0 unspecified atom stereocenters. The van der Waals surface area contributed by atoms with Crippen LogP contribution >= 0.6 is 0 Å². The summed E-state index contributed by atoms with van der Waals surface area (Å²) in [5, 5.41) is 5.58. The zero-order valence-corrected chi connectivity index (χ0v) is 18.1. The van der Waals surface area contributed by atoms with E-state index < -0.39 is 0 Å². The molecule has 6 heteroatoms. The summed E-state index contributed by atoms with van der Waals surface area (Å²) >= 11 is 0. The molecule has 6 nitrogen and oxygen atoms in total. The average Bonchev–Trinajstić information content (AvgIpc) is 3.34. The van der Waals surface area contributed by atoms with Crippen LogP contribution < -0.4 is 0 Å². The summed E-state index contributed by atoms with van der Waals surface area (Å²) in [6, 6.07) is 10.1. The van der Waals surface area contributed by atoms with Crippen LogP contribution in [0.1, 0.15) is 34.4 Å². The van der Waals surface area contributed by atoms with E-state index in [2.05, 4.69) is 21.0 Å². The predicted octanol–water partition coefficient (Wildman–Crippen LogP) is 3.95. The highest BCUT2D eigenvalue weighted by molar-refractivity contribution is 6.52. The number of H-pyrrole nitrogens is 1. The number of aromatic amines is 1. The Balaban J connectivity index is 1.81. The van der Waals surface area contributed by atoms with E-state index in [4.69, 9.17) is 0 Å². The quantitative estimate of drug-likeness (QED) is 0.516. The standard InChI is InChI=1S/C25H24N4O2/c1-14-6-5-7-17-18(12-26-25(14)17)23-20(30)11-21(31)24(23)22-15(2)27-29-9-8-16(10-19(22)29)13-28(3)4/h5-10,12,26H,11,13H2,1-4H3. The van der Waals surface area contributed by atoms with Gasteiger partial charge in [-0.25, -0.2) is 4.52 Å². The summed E-state index contributed by atoms with van der Waals surface area (Å²) in [6.45, 7) is 4.70. The maximum atomic E-state index is 13.1. The van der Waals surface area contributed by atoms with Crippen molar-refractivity contribution < 1.29 is 9.59 Å². The Morgan fingerprint density at radius 2 is 1.87 bits per heavy atom. The molecule has 31 heavy (non-hydrogen) atoms. The molecule has 0 amide bonds. The van der Waals surface area contributed by atoms with Gasteiger partial charge in [-0.15, -0.1) is 0 Å². The lowest BCUT2D eigenvalue weighted by atomic mass is 9.94. The van der Waals surface area contributed by atoms with Crippen LogP contribution in [-0.2, 0) is 16.1 Å². The minimum absolute atomic E-state index is 0.0999. The number of aromatic nitrogens is 3. The zero-order valence-electron chi connectivity index (χ0n) is 18.1. The van der Waals surface area contributed by atoms with Gasteiger partial charge in [0, 0.05) is 52.1 Å². The topological polar surface area (TPSA) is 70.5 Å². The molecule has 0 bridgehead atoms. The van der Waals surface area contributed by atoms with E-state index in [-0.39, 0.29) is 18.0 Å². The van der Waals surface area contributed by atoms with Gasteiger partial charge in [-0.1, -0.05) is 18.2 Å². The van der Waals surface area contributed by atoms with Crippen molar-refractivity contribution in [2.45, 2.75) is 26.8 Å². The number of hydrogen-bond acceptors (Lipinski definition) is 4. The Hall–Kier alpha value is -3.51. The molecule has 0 saturated carbocycles. The number of ketones is 2. The van der Waals surface area contributed by atoms with Gasteiger partial charge in [0.2, 0.25) is 0 Å². The third kappa shape index (κ3) is 3.02. The summed E-state index contributed by atoms with van der Waals surface area (Å²) in [6.07, 6.45) is 3.67. The van der Waals surface area contributed by atoms with Crippen LogP contribution in [0.25, 0.3) is 27.6 Å². The molecule has 3 heterocycles. The van der Waals surface area contributed by atoms with Crippen LogP contribution in [0, 0.1) is 13.8 Å². The van der Waals surface area contributed by atoms with Gasteiger partial charge in [0.25, 0.3) is 0 Å². The molecule has 0 fully saturated rings. The fourth-order valence-corrected chi connectivity index (χ4v) is 4.64. The lowest BCUT2D eigenvalue weighted by molar-refractivity contribution is -0.119. The number of pyridine rings is 1. The van der Waals surface area contributed by atoms with Crippen molar-refractivity contribution in [1.29, 1.82) is 0 Å². The van der Waals surface area contributed by atoms with Crippen molar-refractivity contribution in [2.24, 2.45) is 0 Å². The van der Waals surface area contributed by atoms with Crippen molar-refractivity contribution >= 4 is 39.1 Å². The number of hydrogen-bond donors (Lipinski definition) is 1. The van der Waals surface area contributed by atoms with Gasteiger partial charge < -0.3 is 9.88 Å². The maximum absolute atomic E-state index is 13.1. The van der Waals surface area contributed by atoms with E-state index in [0.717, 1.165) is 50.9 Å². The lowest BCUT2D eigenvalue weighted by Crippen LogP contribution is -2.10. The minimum atomic E-state index is -0.141. The number of para-hydroxylation sites is 1. The molecule has 0 saturated heterocycles. The van der Waals surface area contributed by atoms with Crippen molar-refractivity contribution in [2.75, 3.05) is 14.1 Å².